The fraction of sp³-hybridized carbons (Fsp3) is 0.459. The molecule has 8 rings (SSSR count). The molecule has 3 aliphatic heterocycles. The number of benzene rings is 3. The van der Waals surface area contributed by atoms with Crippen molar-refractivity contribution < 1.29 is 31.8 Å². The van der Waals surface area contributed by atoms with Gasteiger partial charge in [-0.3, -0.25) is 0 Å². The fourth-order valence-electron chi connectivity index (χ4n) is 8.05. The number of ether oxygens (including phenoxy) is 1. The lowest BCUT2D eigenvalue weighted by Crippen LogP contribution is -2.51. The van der Waals surface area contributed by atoms with Crippen LogP contribution in [0.4, 0.5) is 27.8 Å². The number of alkyl halides is 3. The average molecular weight is 678 g/mol. The minimum atomic E-state index is -4.17. The van der Waals surface area contributed by atoms with E-state index < -0.39 is 23.7 Å². The summed E-state index contributed by atoms with van der Waals surface area (Å²) in [6.07, 6.45) is 5.45. The van der Waals surface area contributed by atoms with Crippen LogP contribution >= 0.6 is 0 Å². The lowest BCUT2D eigenvalue weighted by Gasteiger charge is -2.35. The highest BCUT2D eigenvalue weighted by Gasteiger charge is 2.47. The number of hydrogen-bond acceptors (Lipinski definition) is 7. The molecule has 0 radical (unpaired) electrons. The Morgan fingerprint density at radius 1 is 1.02 bits per heavy atom. The van der Waals surface area contributed by atoms with Crippen LogP contribution in [0, 0.1) is 35.3 Å². The number of anilines is 1. The number of aromatic hydroxyl groups is 1. The second kappa shape index (κ2) is 12.0. The van der Waals surface area contributed by atoms with Gasteiger partial charge in [0.15, 0.2) is 5.82 Å². The van der Waals surface area contributed by atoms with Crippen LogP contribution in [-0.4, -0.2) is 77.6 Å². The number of fused-ring (bicyclic) bond motifs is 4. The first-order chi connectivity index (χ1) is 23.5. The quantitative estimate of drug-likeness (QED) is 0.165. The maximum atomic E-state index is 16.9. The highest BCUT2D eigenvalue weighted by Crippen LogP contribution is 2.48. The van der Waals surface area contributed by atoms with E-state index in [1.165, 1.54) is 18.2 Å². The summed E-state index contributed by atoms with van der Waals surface area (Å²) >= 11 is 0. The van der Waals surface area contributed by atoms with Crippen molar-refractivity contribution in [2.24, 2.45) is 11.3 Å². The summed E-state index contributed by atoms with van der Waals surface area (Å²) in [6.45, 7) is 2.78. The lowest BCUT2D eigenvalue weighted by atomic mass is 9.93. The van der Waals surface area contributed by atoms with Crippen LogP contribution in [0.3, 0.4) is 0 Å². The van der Waals surface area contributed by atoms with E-state index in [9.17, 15) is 18.3 Å². The molecule has 4 fully saturated rings. The number of hydrogen-bond donors (Lipinski definition) is 2. The molecule has 0 amide bonds. The Bertz CT molecular complexity index is 1970. The van der Waals surface area contributed by atoms with E-state index in [2.05, 4.69) is 21.1 Å². The van der Waals surface area contributed by atoms with Crippen LogP contribution in [0.1, 0.15) is 44.1 Å². The van der Waals surface area contributed by atoms with Gasteiger partial charge in [-0.2, -0.15) is 23.1 Å². The predicted molar refractivity (Wildman–Crippen MR) is 177 cm³/mol. The minimum absolute atomic E-state index is 0.0445. The number of aromatic nitrogens is 2. The van der Waals surface area contributed by atoms with Crippen molar-refractivity contribution in [2.75, 3.05) is 44.2 Å². The van der Waals surface area contributed by atoms with Crippen molar-refractivity contribution in [1.82, 2.24) is 20.2 Å². The van der Waals surface area contributed by atoms with E-state index in [-0.39, 0.29) is 70.7 Å². The average Bonchev–Trinajstić information content (AvgIpc) is 3.76. The summed E-state index contributed by atoms with van der Waals surface area (Å²) in [4.78, 5) is 13.4. The van der Waals surface area contributed by atoms with Crippen LogP contribution in [0.25, 0.3) is 32.8 Å². The van der Waals surface area contributed by atoms with Crippen LogP contribution < -0.4 is 15.0 Å². The molecule has 4 heterocycles. The molecule has 3 saturated heterocycles. The van der Waals surface area contributed by atoms with E-state index in [1.807, 2.05) is 4.90 Å². The number of terminal acetylenes is 1. The summed E-state index contributed by atoms with van der Waals surface area (Å²) in [5.74, 6) is -0.228. The normalized spacial score (nSPS) is 22.5. The maximum absolute atomic E-state index is 16.9. The van der Waals surface area contributed by atoms with E-state index in [0.29, 0.717) is 54.9 Å². The zero-order chi connectivity index (χ0) is 34.1. The number of rotatable bonds is 7. The number of phenols is 1. The molecule has 7 nitrogen and oxygen atoms in total. The van der Waals surface area contributed by atoms with Gasteiger partial charge in [0.1, 0.15) is 22.9 Å². The molecule has 0 spiro atoms. The highest BCUT2D eigenvalue weighted by atomic mass is 19.4. The second-order valence-corrected chi connectivity index (χ2v) is 14.2. The standard InChI is InChI=1S/C37H36F5N5O2/c1-2-21-4-3-5-22-14-26(48)15-27(30(21)22)31-29(38)16-28-33(32(31)39)44-35(45-34(28)47-17-24-6-7-25(18-47)43-24)49-20-36(10-11-36)19-46-12-8-23(9-13-46)37(40,41)42/h1,3-5,14-16,23-25,43,48H,6-13,17-20H2. The molecule has 256 valence electrons. The van der Waals surface area contributed by atoms with Gasteiger partial charge in [-0.05, 0) is 81.3 Å². The number of halogens is 5. The smallest absolute Gasteiger partial charge is 0.391 e. The van der Waals surface area contributed by atoms with Crippen LogP contribution in [0.2, 0.25) is 0 Å². The van der Waals surface area contributed by atoms with Crippen molar-refractivity contribution in [2.45, 2.75) is 56.8 Å². The Hall–Kier alpha value is -4.21. The third kappa shape index (κ3) is 6.01. The topological polar surface area (TPSA) is 73.8 Å². The van der Waals surface area contributed by atoms with Crippen LogP contribution in [0.5, 0.6) is 11.8 Å². The number of phenolic OH excluding ortho intramolecular Hbond substituents is 1. The summed E-state index contributed by atoms with van der Waals surface area (Å²) in [5.41, 5.74) is -0.206. The third-order valence-corrected chi connectivity index (χ3v) is 10.8. The first-order valence-electron chi connectivity index (χ1n) is 16.9. The van der Waals surface area contributed by atoms with E-state index in [1.54, 1.807) is 18.2 Å². The van der Waals surface area contributed by atoms with Gasteiger partial charge in [-0.1, -0.05) is 18.1 Å². The molecule has 2 bridgehead atoms. The Balaban J connectivity index is 1.16. The molecule has 1 saturated carbocycles. The number of nitrogens with zero attached hydrogens (tertiary/aromatic N) is 4. The van der Waals surface area contributed by atoms with Crippen molar-refractivity contribution in [3.8, 4) is 35.2 Å². The monoisotopic (exact) mass is 677 g/mol. The number of piperazine rings is 1. The number of likely N-dealkylation sites (tertiary alicyclic amines) is 1. The molecular weight excluding hydrogens is 641 g/mol. The van der Waals surface area contributed by atoms with Gasteiger partial charge in [0, 0.05) is 59.0 Å². The zero-order valence-electron chi connectivity index (χ0n) is 26.8. The van der Waals surface area contributed by atoms with Gasteiger partial charge in [-0.25, -0.2) is 8.78 Å². The lowest BCUT2D eigenvalue weighted by molar-refractivity contribution is -0.185. The Morgan fingerprint density at radius 2 is 1.76 bits per heavy atom. The van der Waals surface area contributed by atoms with E-state index >= 15 is 8.78 Å². The fourth-order valence-corrected chi connectivity index (χ4v) is 8.05. The molecule has 49 heavy (non-hydrogen) atoms. The molecule has 4 aromatic rings. The summed E-state index contributed by atoms with van der Waals surface area (Å²) in [7, 11) is 0. The van der Waals surface area contributed by atoms with Gasteiger partial charge in [0.25, 0.3) is 0 Å². The molecular formula is C37H36F5N5O2. The van der Waals surface area contributed by atoms with Crippen molar-refractivity contribution >= 4 is 27.5 Å². The molecule has 2 unspecified atom stereocenters. The SMILES string of the molecule is C#Cc1cccc2cc(O)cc(-c3c(F)cc4c(N5CC6CCC(C5)N6)nc(OCC5(CN6CCC(C(F)(F)F)CC6)CC5)nc4c3F)c12. The summed E-state index contributed by atoms with van der Waals surface area (Å²) in [5, 5.41) is 15.3. The first-order valence-corrected chi connectivity index (χ1v) is 16.9. The molecule has 4 aliphatic rings. The molecule has 1 aliphatic carbocycles. The predicted octanol–water partition coefficient (Wildman–Crippen LogP) is 6.79. The molecule has 3 aromatic carbocycles. The van der Waals surface area contributed by atoms with E-state index in [4.69, 9.17) is 16.1 Å². The number of nitrogens with one attached hydrogen (secondary N) is 1. The first kappa shape index (κ1) is 32.0. The van der Waals surface area contributed by atoms with Crippen LogP contribution in [0.15, 0.2) is 36.4 Å². The van der Waals surface area contributed by atoms with Crippen molar-refractivity contribution in [3.05, 3.63) is 53.6 Å². The van der Waals surface area contributed by atoms with Gasteiger partial charge < -0.3 is 25.0 Å². The Labute approximate surface area is 280 Å². The van der Waals surface area contributed by atoms with Gasteiger partial charge in [0.05, 0.1) is 18.1 Å². The van der Waals surface area contributed by atoms with Gasteiger partial charge in [-0.15, -0.1) is 6.42 Å². The third-order valence-electron chi connectivity index (χ3n) is 10.8. The maximum Gasteiger partial charge on any atom is 0.391 e. The minimum Gasteiger partial charge on any atom is -0.508 e. The van der Waals surface area contributed by atoms with Crippen molar-refractivity contribution in [3.63, 3.8) is 0 Å². The Morgan fingerprint density at radius 3 is 2.43 bits per heavy atom. The highest BCUT2D eigenvalue weighted by molar-refractivity contribution is 6.04. The molecule has 12 heteroatoms. The van der Waals surface area contributed by atoms with E-state index in [0.717, 1.165) is 25.7 Å². The molecule has 1 aromatic heterocycles. The molecule has 2 atom stereocenters. The van der Waals surface area contributed by atoms with Gasteiger partial charge in [0.2, 0.25) is 0 Å². The van der Waals surface area contributed by atoms with Crippen molar-refractivity contribution in [1.29, 1.82) is 0 Å². The molecule has 2 N–H and O–H groups in total. The van der Waals surface area contributed by atoms with Crippen LogP contribution in [-0.2, 0) is 0 Å². The van der Waals surface area contributed by atoms with Gasteiger partial charge >= 0.3 is 12.2 Å². The second-order valence-electron chi connectivity index (χ2n) is 14.2. The zero-order valence-corrected chi connectivity index (χ0v) is 26.8. The number of piperidine rings is 1. The largest absolute Gasteiger partial charge is 0.508 e. The Kier molecular flexibility index (Phi) is 7.83. The summed E-state index contributed by atoms with van der Waals surface area (Å²) in [6, 6.07) is 9.55. The summed E-state index contributed by atoms with van der Waals surface area (Å²) < 4.78 is 79.0.